The average molecular weight is 667 g/mol. The zero-order valence-electron chi connectivity index (χ0n) is 27.6. The summed E-state index contributed by atoms with van der Waals surface area (Å²) in [6, 6.07) is 66.6. The van der Waals surface area contributed by atoms with Crippen molar-refractivity contribution < 1.29 is 0 Å². The van der Waals surface area contributed by atoms with E-state index in [-0.39, 0.29) is 0 Å². The van der Waals surface area contributed by atoms with Gasteiger partial charge in [-0.2, -0.15) is 0 Å². The monoisotopic (exact) mass is 666 g/mol. The number of rotatable bonds is 4. The molecule has 0 fully saturated rings. The van der Waals surface area contributed by atoms with Gasteiger partial charge in [-0.3, -0.25) is 0 Å². The molecule has 0 saturated heterocycles. The molecular formula is C48H30N2S. The fraction of sp³-hybridized carbons (Fsp3) is 0. The van der Waals surface area contributed by atoms with Gasteiger partial charge in [-0.25, -0.2) is 0 Å². The number of thiophene rings is 1. The first kappa shape index (κ1) is 28.4. The predicted octanol–water partition coefficient (Wildman–Crippen LogP) is 13.6. The van der Waals surface area contributed by atoms with Gasteiger partial charge in [-0.15, -0.1) is 11.3 Å². The normalized spacial score (nSPS) is 11.9. The van der Waals surface area contributed by atoms with Gasteiger partial charge in [-0.05, 0) is 95.1 Å². The van der Waals surface area contributed by atoms with Crippen molar-refractivity contribution in [1.82, 2.24) is 9.13 Å². The number of fused-ring (bicyclic) bond motifs is 9. The maximum Gasteiger partial charge on any atom is 0.0547 e. The van der Waals surface area contributed by atoms with Crippen LogP contribution < -0.4 is 0 Å². The number of benzene rings is 8. The summed E-state index contributed by atoms with van der Waals surface area (Å²) in [4.78, 5) is 0. The molecule has 0 bridgehead atoms. The molecule has 0 N–H and O–H groups in total. The molecule has 11 aromatic rings. The van der Waals surface area contributed by atoms with Gasteiger partial charge >= 0.3 is 0 Å². The van der Waals surface area contributed by atoms with Gasteiger partial charge in [0.1, 0.15) is 0 Å². The summed E-state index contributed by atoms with van der Waals surface area (Å²) in [7, 11) is 0. The molecule has 11 rings (SSSR count). The molecule has 0 aliphatic rings. The Morgan fingerprint density at radius 1 is 0.314 bits per heavy atom. The molecule has 3 heterocycles. The molecule has 0 saturated carbocycles. The zero-order chi connectivity index (χ0) is 33.5. The number of aromatic nitrogens is 2. The first-order valence-electron chi connectivity index (χ1n) is 17.4. The molecule has 3 heteroatoms. The van der Waals surface area contributed by atoms with E-state index in [9.17, 15) is 0 Å². The lowest BCUT2D eigenvalue weighted by Gasteiger charge is -2.12. The lowest BCUT2D eigenvalue weighted by molar-refractivity contribution is 1.18. The number of nitrogens with zero attached hydrogens (tertiary/aromatic N) is 2. The molecule has 2 nitrogen and oxygen atoms in total. The van der Waals surface area contributed by atoms with Crippen LogP contribution in [0.3, 0.4) is 0 Å². The van der Waals surface area contributed by atoms with E-state index in [1.165, 1.54) is 97.4 Å². The second-order valence-corrected chi connectivity index (χ2v) is 14.4. The summed E-state index contributed by atoms with van der Waals surface area (Å²) >= 11 is 1.89. The van der Waals surface area contributed by atoms with Gasteiger partial charge in [0.2, 0.25) is 0 Å². The predicted molar refractivity (Wildman–Crippen MR) is 219 cm³/mol. The highest BCUT2D eigenvalue weighted by molar-refractivity contribution is 7.26. The van der Waals surface area contributed by atoms with Crippen LogP contribution in [0.1, 0.15) is 0 Å². The van der Waals surface area contributed by atoms with Gasteiger partial charge in [-0.1, -0.05) is 109 Å². The fourth-order valence-electron chi connectivity index (χ4n) is 8.35. The molecule has 51 heavy (non-hydrogen) atoms. The fourth-order valence-corrected chi connectivity index (χ4v) is 9.52. The molecule has 0 aliphatic carbocycles. The van der Waals surface area contributed by atoms with E-state index in [0.717, 1.165) is 0 Å². The van der Waals surface area contributed by atoms with E-state index in [4.69, 9.17) is 0 Å². The van der Waals surface area contributed by atoms with Crippen molar-refractivity contribution in [2.24, 2.45) is 0 Å². The van der Waals surface area contributed by atoms with Crippen LogP contribution in [0.5, 0.6) is 0 Å². The van der Waals surface area contributed by atoms with Crippen molar-refractivity contribution in [2.45, 2.75) is 0 Å². The third-order valence-electron chi connectivity index (χ3n) is 10.5. The molecule has 0 atom stereocenters. The highest BCUT2D eigenvalue weighted by Gasteiger charge is 2.20. The number of para-hydroxylation sites is 4. The zero-order valence-corrected chi connectivity index (χ0v) is 28.4. The summed E-state index contributed by atoms with van der Waals surface area (Å²) in [5.41, 5.74) is 12.2. The van der Waals surface area contributed by atoms with Crippen molar-refractivity contribution in [3.8, 4) is 33.6 Å². The summed E-state index contributed by atoms with van der Waals surface area (Å²) in [6.45, 7) is 0. The van der Waals surface area contributed by atoms with E-state index >= 15 is 0 Å². The van der Waals surface area contributed by atoms with Crippen LogP contribution in [0, 0.1) is 0 Å². The smallest absolute Gasteiger partial charge is 0.0547 e. The summed E-state index contributed by atoms with van der Waals surface area (Å²) in [5.74, 6) is 0. The molecular weight excluding hydrogens is 637 g/mol. The van der Waals surface area contributed by atoms with Crippen LogP contribution >= 0.6 is 11.3 Å². The lowest BCUT2D eigenvalue weighted by atomic mass is 9.92. The van der Waals surface area contributed by atoms with Crippen molar-refractivity contribution in [3.63, 3.8) is 0 Å². The van der Waals surface area contributed by atoms with Crippen LogP contribution in [0.15, 0.2) is 182 Å². The Hall–Kier alpha value is -6.42. The Labute approximate surface area is 298 Å². The molecule has 0 unspecified atom stereocenters. The topological polar surface area (TPSA) is 9.86 Å². The first-order valence-corrected chi connectivity index (χ1v) is 18.3. The Morgan fingerprint density at radius 2 is 0.902 bits per heavy atom. The minimum atomic E-state index is 1.17. The number of hydrogen-bond donors (Lipinski definition) is 0. The standard InChI is InChI=1S/C48H30N2S/c1-3-14-33(15-4-1)49-41-22-10-7-18-36(41)40-28-31(26-27-43(40)49)39-29-32(30-46-48(39)38-20-9-12-25-45(38)51-46)35-21-13-24-44-47(35)37-19-8-11-23-42(37)50(44)34-16-5-2-6-17-34/h1-30H. The largest absolute Gasteiger partial charge is 0.309 e. The average Bonchev–Trinajstić information content (AvgIpc) is 3.86. The first-order chi connectivity index (χ1) is 25.3. The minimum absolute atomic E-state index is 1.17. The van der Waals surface area contributed by atoms with Crippen LogP contribution in [0.25, 0.3) is 97.4 Å². The van der Waals surface area contributed by atoms with E-state index in [0.29, 0.717) is 0 Å². The Bertz CT molecular complexity index is 3130. The summed E-state index contributed by atoms with van der Waals surface area (Å²) in [6.07, 6.45) is 0. The molecule has 238 valence electrons. The van der Waals surface area contributed by atoms with Crippen LogP contribution in [0.2, 0.25) is 0 Å². The highest BCUT2D eigenvalue weighted by Crippen LogP contribution is 2.46. The van der Waals surface area contributed by atoms with Gasteiger partial charge in [0.15, 0.2) is 0 Å². The summed E-state index contributed by atoms with van der Waals surface area (Å²) in [5, 5.41) is 7.70. The second-order valence-electron chi connectivity index (χ2n) is 13.3. The lowest BCUT2D eigenvalue weighted by Crippen LogP contribution is -1.93. The maximum atomic E-state index is 2.45. The summed E-state index contributed by atoms with van der Waals surface area (Å²) < 4.78 is 7.42. The Morgan fingerprint density at radius 3 is 1.67 bits per heavy atom. The van der Waals surface area contributed by atoms with Crippen molar-refractivity contribution >= 4 is 75.1 Å². The Balaban J connectivity index is 1.21. The number of hydrogen-bond acceptors (Lipinski definition) is 1. The van der Waals surface area contributed by atoms with E-state index < -0.39 is 0 Å². The van der Waals surface area contributed by atoms with Gasteiger partial charge in [0, 0.05) is 53.1 Å². The van der Waals surface area contributed by atoms with Crippen LogP contribution in [-0.4, -0.2) is 9.13 Å². The molecule has 0 radical (unpaired) electrons. The van der Waals surface area contributed by atoms with E-state index in [1.807, 2.05) is 11.3 Å². The molecule has 0 spiro atoms. The van der Waals surface area contributed by atoms with Crippen molar-refractivity contribution in [1.29, 1.82) is 0 Å². The molecule has 3 aromatic heterocycles. The third kappa shape index (κ3) is 4.22. The third-order valence-corrected chi connectivity index (χ3v) is 11.6. The highest BCUT2D eigenvalue weighted by atomic mass is 32.1. The molecule has 0 aliphatic heterocycles. The maximum absolute atomic E-state index is 2.45. The van der Waals surface area contributed by atoms with Crippen LogP contribution in [-0.2, 0) is 0 Å². The van der Waals surface area contributed by atoms with Crippen molar-refractivity contribution in [2.75, 3.05) is 0 Å². The van der Waals surface area contributed by atoms with E-state index in [1.54, 1.807) is 0 Å². The molecule has 8 aromatic carbocycles. The van der Waals surface area contributed by atoms with Gasteiger partial charge in [0.05, 0.1) is 22.1 Å². The van der Waals surface area contributed by atoms with Crippen molar-refractivity contribution in [3.05, 3.63) is 182 Å². The quantitative estimate of drug-likeness (QED) is 0.177. The van der Waals surface area contributed by atoms with Gasteiger partial charge < -0.3 is 9.13 Å². The minimum Gasteiger partial charge on any atom is -0.309 e. The molecule has 0 amide bonds. The Kier molecular flexibility index (Phi) is 6.16. The van der Waals surface area contributed by atoms with Crippen LogP contribution in [0.4, 0.5) is 0 Å². The SMILES string of the molecule is c1ccc(-n2c3ccccc3c3cc(-c4cc(-c5cccc6c5c5ccccc5n6-c5ccccc5)cc5sc6ccccc6c45)ccc32)cc1. The van der Waals surface area contributed by atoms with Gasteiger partial charge in [0.25, 0.3) is 0 Å². The second kappa shape index (κ2) is 11.0. The van der Waals surface area contributed by atoms with E-state index in [2.05, 4.69) is 191 Å².